The fourth-order valence-electron chi connectivity index (χ4n) is 4.15. The first-order chi connectivity index (χ1) is 16.0. The molecule has 1 N–H and O–H groups in total. The standard InChI is InChI=1S/C26H32N4O3/c1-4-27-26(31)30(17-22-14-9-15-32-22)18-23-24(20-11-6-5-7-12-20)28-29(3)25(23)33-21-13-8-10-19(2)16-21/h5-8,10-13,16,22H,4,9,14-15,17-18H2,1-3H3,(H,27,31)/t22-/m0/s1. The van der Waals surface area contributed by atoms with Gasteiger partial charge >= 0.3 is 6.03 Å². The van der Waals surface area contributed by atoms with Crippen LogP contribution in [0.3, 0.4) is 0 Å². The minimum Gasteiger partial charge on any atom is -0.439 e. The molecule has 1 saturated heterocycles. The summed E-state index contributed by atoms with van der Waals surface area (Å²) in [7, 11) is 1.87. The zero-order valence-corrected chi connectivity index (χ0v) is 19.6. The molecule has 7 heteroatoms. The molecule has 0 spiro atoms. The van der Waals surface area contributed by atoms with Gasteiger partial charge in [-0.2, -0.15) is 5.10 Å². The Hall–Kier alpha value is -3.32. The summed E-state index contributed by atoms with van der Waals surface area (Å²) in [5.74, 6) is 1.36. The number of aryl methyl sites for hydroxylation is 2. The van der Waals surface area contributed by atoms with Crippen molar-refractivity contribution in [3.63, 3.8) is 0 Å². The molecule has 0 aliphatic carbocycles. The lowest BCUT2D eigenvalue weighted by atomic mass is 10.1. The van der Waals surface area contributed by atoms with E-state index in [0.29, 0.717) is 25.5 Å². The van der Waals surface area contributed by atoms with Crippen molar-refractivity contribution in [1.29, 1.82) is 0 Å². The number of amides is 2. The Morgan fingerprint density at radius 1 is 1.24 bits per heavy atom. The Morgan fingerprint density at radius 2 is 2.06 bits per heavy atom. The summed E-state index contributed by atoms with van der Waals surface area (Å²) in [5, 5.41) is 7.74. The van der Waals surface area contributed by atoms with E-state index in [1.54, 1.807) is 4.68 Å². The van der Waals surface area contributed by atoms with Gasteiger partial charge in [-0.1, -0.05) is 42.5 Å². The molecule has 0 unspecified atom stereocenters. The Balaban J connectivity index is 1.73. The van der Waals surface area contributed by atoms with E-state index in [1.807, 2.05) is 80.4 Å². The fourth-order valence-corrected chi connectivity index (χ4v) is 4.15. The quantitative estimate of drug-likeness (QED) is 0.532. The van der Waals surface area contributed by atoms with Crippen LogP contribution in [0.4, 0.5) is 4.79 Å². The third-order valence-corrected chi connectivity index (χ3v) is 5.75. The predicted molar refractivity (Wildman–Crippen MR) is 128 cm³/mol. The number of carbonyl (C=O) groups is 1. The zero-order valence-electron chi connectivity index (χ0n) is 19.6. The van der Waals surface area contributed by atoms with E-state index in [-0.39, 0.29) is 12.1 Å². The predicted octanol–water partition coefficient (Wildman–Crippen LogP) is 4.90. The molecule has 0 radical (unpaired) electrons. The van der Waals surface area contributed by atoms with Gasteiger partial charge in [0.1, 0.15) is 11.4 Å². The molecular formula is C26H32N4O3. The normalized spacial score (nSPS) is 15.4. The van der Waals surface area contributed by atoms with Crippen LogP contribution < -0.4 is 10.1 Å². The van der Waals surface area contributed by atoms with Gasteiger partial charge in [-0.25, -0.2) is 9.48 Å². The number of aromatic nitrogens is 2. The van der Waals surface area contributed by atoms with Crippen LogP contribution in [-0.4, -0.2) is 46.5 Å². The summed E-state index contributed by atoms with van der Waals surface area (Å²) in [6, 6.07) is 17.8. The van der Waals surface area contributed by atoms with Crippen molar-refractivity contribution in [1.82, 2.24) is 20.0 Å². The van der Waals surface area contributed by atoms with Crippen molar-refractivity contribution in [2.75, 3.05) is 19.7 Å². The van der Waals surface area contributed by atoms with E-state index in [4.69, 9.17) is 14.6 Å². The number of carbonyl (C=O) groups excluding carboxylic acids is 1. The Morgan fingerprint density at radius 3 is 2.76 bits per heavy atom. The molecule has 0 saturated carbocycles. The number of hydrogen-bond donors (Lipinski definition) is 1. The van der Waals surface area contributed by atoms with E-state index >= 15 is 0 Å². The second-order valence-corrected chi connectivity index (χ2v) is 8.39. The highest BCUT2D eigenvalue weighted by atomic mass is 16.5. The molecule has 1 aromatic heterocycles. The first-order valence-electron chi connectivity index (χ1n) is 11.6. The van der Waals surface area contributed by atoms with Crippen molar-refractivity contribution < 1.29 is 14.3 Å². The smallest absolute Gasteiger partial charge is 0.317 e. The van der Waals surface area contributed by atoms with Gasteiger partial charge < -0.3 is 19.7 Å². The highest BCUT2D eigenvalue weighted by Gasteiger charge is 2.27. The van der Waals surface area contributed by atoms with Crippen LogP contribution in [0.15, 0.2) is 54.6 Å². The molecule has 2 aromatic carbocycles. The maximum Gasteiger partial charge on any atom is 0.317 e. The van der Waals surface area contributed by atoms with Gasteiger partial charge in [0.05, 0.1) is 18.2 Å². The molecule has 0 bridgehead atoms. The van der Waals surface area contributed by atoms with Gasteiger partial charge in [0.15, 0.2) is 0 Å². The minimum absolute atomic E-state index is 0.0468. The average molecular weight is 449 g/mol. The second kappa shape index (κ2) is 10.5. The van der Waals surface area contributed by atoms with Crippen LogP contribution in [0.1, 0.15) is 30.9 Å². The number of urea groups is 1. The third kappa shape index (κ3) is 5.54. The largest absolute Gasteiger partial charge is 0.439 e. The summed E-state index contributed by atoms with van der Waals surface area (Å²) in [6.07, 6.45) is 2.03. The highest BCUT2D eigenvalue weighted by Crippen LogP contribution is 2.34. The Bertz CT molecular complexity index is 1070. The van der Waals surface area contributed by atoms with Gasteiger partial charge in [0.2, 0.25) is 5.88 Å². The molecule has 174 valence electrons. The number of benzene rings is 2. The first-order valence-corrected chi connectivity index (χ1v) is 11.6. The Labute approximate surface area is 195 Å². The summed E-state index contributed by atoms with van der Waals surface area (Å²) >= 11 is 0. The number of nitrogens with zero attached hydrogens (tertiary/aromatic N) is 3. The van der Waals surface area contributed by atoms with Gasteiger partial charge in [0.25, 0.3) is 0 Å². The molecule has 4 rings (SSSR count). The van der Waals surface area contributed by atoms with Crippen LogP contribution in [-0.2, 0) is 18.3 Å². The fraction of sp³-hybridized carbons (Fsp3) is 0.385. The van der Waals surface area contributed by atoms with Crippen molar-refractivity contribution in [3.8, 4) is 22.9 Å². The average Bonchev–Trinajstić information content (AvgIpc) is 3.43. The van der Waals surface area contributed by atoms with E-state index in [0.717, 1.165) is 47.6 Å². The van der Waals surface area contributed by atoms with E-state index in [1.165, 1.54) is 0 Å². The molecule has 3 aromatic rings. The number of nitrogens with one attached hydrogen (secondary N) is 1. The highest BCUT2D eigenvalue weighted by molar-refractivity contribution is 5.75. The van der Waals surface area contributed by atoms with Crippen LogP contribution >= 0.6 is 0 Å². The first kappa shape index (κ1) is 22.9. The van der Waals surface area contributed by atoms with E-state index in [9.17, 15) is 4.79 Å². The molecule has 1 aliphatic heterocycles. The molecule has 33 heavy (non-hydrogen) atoms. The topological polar surface area (TPSA) is 68.6 Å². The lowest BCUT2D eigenvalue weighted by molar-refractivity contribution is 0.0794. The summed E-state index contributed by atoms with van der Waals surface area (Å²) in [4.78, 5) is 14.8. The maximum atomic E-state index is 13.0. The third-order valence-electron chi connectivity index (χ3n) is 5.75. The molecule has 2 amide bonds. The van der Waals surface area contributed by atoms with Crippen LogP contribution in [0.5, 0.6) is 11.6 Å². The van der Waals surface area contributed by atoms with Crippen molar-refractivity contribution in [2.45, 2.75) is 39.3 Å². The van der Waals surface area contributed by atoms with Crippen LogP contribution in [0.25, 0.3) is 11.3 Å². The SMILES string of the molecule is CCNC(=O)N(Cc1c(-c2ccccc2)nn(C)c1Oc1cccc(C)c1)C[C@@H]1CCCO1. The zero-order chi connectivity index (χ0) is 23.2. The minimum atomic E-state index is -0.114. The van der Waals surface area contributed by atoms with E-state index < -0.39 is 0 Å². The van der Waals surface area contributed by atoms with Crippen molar-refractivity contribution in [3.05, 3.63) is 65.7 Å². The monoisotopic (exact) mass is 448 g/mol. The molecule has 1 aliphatic rings. The van der Waals surface area contributed by atoms with Gasteiger partial charge in [-0.05, 0) is 44.4 Å². The lowest BCUT2D eigenvalue weighted by Crippen LogP contribution is -2.43. The second-order valence-electron chi connectivity index (χ2n) is 8.39. The molecule has 7 nitrogen and oxygen atoms in total. The van der Waals surface area contributed by atoms with Crippen molar-refractivity contribution in [2.24, 2.45) is 7.05 Å². The van der Waals surface area contributed by atoms with Crippen LogP contribution in [0, 0.1) is 6.92 Å². The summed E-state index contributed by atoms with van der Waals surface area (Å²) in [6.45, 7) is 6.16. The summed E-state index contributed by atoms with van der Waals surface area (Å²) in [5.41, 5.74) is 3.77. The number of hydrogen-bond acceptors (Lipinski definition) is 4. The van der Waals surface area contributed by atoms with Gasteiger partial charge in [0, 0.05) is 32.3 Å². The van der Waals surface area contributed by atoms with Crippen molar-refractivity contribution >= 4 is 6.03 Å². The molecule has 2 heterocycles. The van der Waals surface area contributed by atoms with E-state index in [2.05, 4.69) is 5.32 Å². The molecular weight excluding hydrogens is 416 g/mol. The number of rotatable bonds is 8. The summed E-state index contributed by atoms with van der Waals surface area (Å²) < 4.78 is 13.9. The number of ether oxygens (including phenoxy) is 2. The lowest BCUT2D eigenvalue weighted by Gasteiger charge is -2.26. The Kier molecular flexibility index (Phi) is 7.29. The van der Waals surface area contributed by atoms with Gasteiger partial charge in [-0.3, -0.25) is 0 Å². The van der Waals surface area contributed by atoms with Gasteiger partial charge in [-0.15, -0.1) is 0 Å². The molecule has 1 atom stereocenters. The maximum absolute atomic E-state index is 13.0. The van der Waals surface area contributed by atoms with Crippen LogP contribution in [0.2, 0.25) is 0 Å². The molecule has 1 fully saturated rings.